The number of urea groups is 1. The second-order valence-electron chi connectivity index (χ2n) is 6.73. The molecule has 1 aromatic carbocycles. The number of ether oxygens (including phenoxy) is 4. The van der Waals surface area contributed by atoms with Gasteiger partial charge >= 0.3 is 12.0 Å². The Morgan fingerprint density at radius 3 is 2.14 bits per heavy atom. The van der Waals surface area contributed by atoms with E-state index in [2.05, 4.69) is 10.6 Å². The van der Waals surface area contributed by atoms with Gasteiger partial charge in [0.25, 0.3) is 5.91 Å². The fourth-order valence-electron chi connectivity index (χ4n) is 3.23. The fourth-order valence-corrected chi connectivity index (χ4v) is 3.23. The minimum Gasteiger partial charge on any atom is -0.493 e. The topological polar surface area (TPSA) is 112 Å². The molecule has 0 atom stereocenters. The van der Waals surface area contributed by atoms with Crippen LogP contribution in [0.4, 0.5) is 4.79 Å². The maximum absolute atomic E-state index is 12.1. The predicted octanol–water partition coefficient (Wildman–Crippen LogP) is 1.96. The predicted molar refractivity (Wildman–Crippen MR) is 104 cm³/mol. The van der Waals surface area contributed by atoms with Gasteiger partial charge in [0.05, 0.1) is 27.8 Å². The molecule has 29 heavy (non-hydrogen) atoms. The van der Waals surface area contributed by atoms with Gasteiger partial charge in [-0.2, -0.15) is 0 Å². The van der Waals surface area contributed by atoms with E-state index in [-0.39, 0.29) is 12.5 Å². The summed E-state index contributed by atoms with van der Waals surface area (Å²) >= 11 is 0. The Morgan fingerprint density at radius 1 is 0.966 bits per heavy atom. The van der Waals surface area contributed by atoms with E-state index in [1.54, 1.807) is 12.1 Å². The molecule has 2 rings (SSSR count). The summed E-state index contributed by atoms with van der Waals surface area (Å²) in [6.45, 7) is -0.540. The van der Waals surface area contributed by atoms with Crippen molar-refractivity contribution in [2.75, 3.05) is 27.9 Å². The van der Waals surface area contributed by atoms with Gasteiger partial charge in [0.15, 0.2) is 18.1 Å². The Bertz CT molecular complexity index is 705. The lowest BCUT2D eigenvalue weighted by Crippen LogP contribution is -2.46. The zero-order valence-corrected chi connectivity index (χ0v) is 17.0. The quantitative estimate of drug-likeness (QED) is 0.632. The van der Waals surface area contributed by atoms with Crippen molar-refractivity contribution >= 4 is 17.9 Å². The third-order valence-electron chi connectivity index (χ3n) is 4.63. The number of amides is 3. The van der Waals surface area contributed by atoms with E-state index in [0.29, 0.717) is 22.8 Å². The molecule has 2 N–H and O–H groups in total. The molecule has 9 heteroatoms. The lowest BCUT2D eigenvalue weighted by Gasteiger charge is -2.22. The Labute approximate surface area is 170 Å². The number of carbonyl (C=O) groups excluding carboxylic acids is 3. The zero-order chi connectivity index (χ0) is 21.2. The molecule has 1 saturated carbocycles. The largest absolute Gasteiger partial charge is 0.493 e. The van der Waals surface area contributed by atoms with E-state index < -0.39 is 24.5 Å². The maximum Gasteiger partial charge on any atom is 0.321 e. The van der Waals surface area contributed by atoms with Crippen LogP contribution in [0.25, 0.3) is 0 Å². The van der Waals surface area contributed by atoms with Crippen LogP contribution in [0.1, 0.15) is 37.7 Å². The highest BCUT2D eigenvalue weighted by Gasteiger charge is 2.18. The molecule has 0 aliphatic heterocycles. The molecule has 0 unspecified atom stereocenters. The molecule has 0 spiro atoms. The summed E-state index contributed by atoms with van der Waals surface area (Å²) in [6, 6.07) is 2.77. The molecule has 0 heterocycles. The Morgan fingerprint density at radius 2 is 1.59 bits per heavy atom. The van der Waals surface area contributed by atoms with Crippen molar-refractivity contribution in [3.63, 3.8) is 0 Å². The molecular weight excluding hydrogens is 380 g/mol. The Kier molecular flexibility index (Phi) is 8.57. The van der Waals surface area contributed by atoms with Crippen LogP contribution in [-0.2, 0) is 20.7 Å². The molecule has 9 nitrogen and oxygen atoms in total. The van der Waals surface area contributed by atoms with Crippen molar-refractivity contribution in [2.24, 2.45) is 0 Å². The van der Waals surface area contributed by atoms with Crippen LogP contribution in [-0.4, -0.2) is 51.9 Å². The van der Waals surface area contributed by atoms with Gasteiger partial charge in [0.1, 0.15) is 0 Å². The lowest BCUT2D eigenvalue weighted by atomic mass is 9.96. The number of carbonyl (C=O) groups is 3. The van der Waals surface area contributed by atoms with Gasteiger partial charge < -0.3 is 24.3 Å². The van der Waals surface area contributed by atoms with Crippen molar-refractivity contribution in [3.05, 3.63) is 17.7 Å². The van der Waals surface area contributed by atoms with Gasteiger partial charge in [-0.1, -0.05) is 19.3 Å². The Balaban J connectivity index is 1.81. The molecule has 3 amide bonds. The van der Waals surface area contributed by atoms with Crippen molar-refractivity contribution in [1.29, 1.82) is 0 Å². The van der Waals surface area contributed by atoms with Crippen LogP contribution in [0.3, 0.4) is 0 Å². The molecule has 1 aliphatic rings. The highest BCUT2D eigenvalue weighted by Crippen LogP contribution is 2.38. The summed E-state index contributed by atoms with van der Waals surface area (Å²) in [7, 11) is 4.43. The van der Waals surface area contributed by atoms with Gasteiger partial charge in [-0.25, -0.2) is 4.79 Å². The van der Waals surface area contributed by atoms with Crippen LogP contribution in [0.5, 0.6) is 17.2 Å². The zero-order valence-electron chi connectivity index (χ0n) is 17.0. The number of rotatable bonds is 8. The number of methoxy groups -OCH3 is 3. The normalized spacial score (nSPS) is 13.9. The molecule has 1 aromatic rings. The highest BCUT2D eigenvalue weighted by atomic mass is 16.5. The van der Waals surface area contributed by atoms with Crippen molar-refractivity contribution in [2.45, 2.75) is 44.6 Å². The van der Waals surface area contributed by atoms with Gasteiger partial charge in [-0.05, 0) is 30.5 Å². The molecule has 0 aromatic heterocycles. The molecule has 0 saturated heterocycles. The third-order valence-corrected chi connectivity index (χ3v) is 4.63. The summed E-state index contributed by atoms with van der Waals surface area (Å²) in [4.78, 5) is 35.7. The molecule has 1 fully saturated rings. The van der Waals surface area contributed by atoms with Crippen LogP contribution >= 0.6 is 0 Å². The first kappa shape index (κ1) is 22.3. The van der Waals surface area contributed by atoms with E-state index in [1.807, 2.05) is 0 Å². The smallest absolute Gasteiger partial charge is 0.321 e. The summed E-state index contributed by atoms with van der Waals surface area (Å²) in [5.74, 6) is -0.0762. The first-order chi connectivity index (χ1) is 14.0. The Hall–Kier alpha value is -2.97. The molecule has 1 aliphatic carbocycles. The van der Waals surface area contributed by atoms with Crippen LogP contribution < -0.4 is 24.8 Å². The molecule has 0 bridgehead atoms. The number of esters is 1. The molecular formula is C20H28N2O7. The lowest BCUT2D eigenvalue weighted by molar-refractivity contribution is -0.147. The number of imide groups is 1. The summed E-state index contributed by atoms with van der Waals surface area (Å²) in [5, 5.41) is 4.94. The minimum atomic E-state index is -0.684. The second kappa shape index (κ2) is 11.1. The van der Waals surface area contributed by atoms with Crippen LogP contribution in [0.15, 0.2) is 12.1 Å². The minimum absolute atomic E-state index is 0.0825. The monoisotopic (exact) mass is 408 g/mol. The van der Waals surface area contributed by atoms with E-state index >= 15 is 0 Å². The number of hydrogen-bond acceptors (Lipinski definition) is 7. The molecule has 160 valence electrons. The standard InChI is InChI=1S/C20H28N2O7/c1-26-15-9-13(10-16(27-2)19(15)28-3)11-18(24)29-12-17(23)22-20(25)21-14-7-5-4-6-8-14/h9-10,14H,4-8,11-12H2,1-3H3,(H2,21,22,23,25). The van der Waals surface area contributed by atoms with Gasteiger partial charge in [-0.3, -0.25) is 14.9 Å². The summed E-state index contributed by atoms with van der Waals surface area (Å²) in [6.07, 6.45) is 5.02. The van der Waals surface area contributed by atoms with Crippen LogP contribution in [0, 0.1) is 0 Å². The van der Waals surface area contributed by atoms with E-state index in [4.69, 9.17) is 18.9 Å². The maximum atomic E-state index is 12.1. The number of nitrogens with one attached hydrogen (secondary N) is 2. The highest BCUT2D eigenvalue weighted by molar-refractivity contribution is 5.95. The van der Waals surface area contributed by atoms with E-state index in [1.165, 1.54) is 27.8 Å². The van der Waals surface area contributed by atoms with Crippen molar-refractivity contribution in [1.82, 2.24) is 10.6 Å². The summed E-state index contributed by atoms with van der Waals surface area (Å²) < 4.78 is 20.7. The van der Waals surface area contributed by atoms with Crippen LogP contribution in [0.2, 0.25) is 0 Å². The van der Waals surface area contributed by atoms with Crippen molar-refractivity contribution in [3.8, 4) is 17.2 Å². The van der Waals surface area contributed by atoms with Gasteiger partial charge in [0.2, 0.25) is 5.75 Å². The fraction of sp³-hybridized carbons (Fsp3) is 0.550. The summed E-state index contributed by atoms with van der Waals surface area (Å²) in [5.41, 5.74) is 0.569. The van der Waals surface area contributed by atoms with Gasteiger partial charge in [-0.15, -0.1) is 0 Å². The van der Waals surface area contributed by atoms with Crippen molar-refractivity contribution < 1.29 is 33.3 Å². The SMILES string of the molecule is COc1cc(CC(=O)OCC(=O)NC(=O)NC2CCCCC2)cc(OC)c1OC. The third kappa shape index (κ3) is 6.85. The first-order valence-electron chi connectivity index (χ1n) is 9.51. The average Bonchev–Trinajstić information content (AvgIpc) is 2.72. The number of hydrogen-bond donors (Lipinski definition) is 2. The average molecular weight is 408 g/mol. The first-order valence-corrected chi connectivity index (χ1v) is 9.51. The van der Waals surface area contributed by atoms with E-state index in [9.17, 15) is 14.4 Å². The number of benzene rings is 1. The van der Waals surface area contributed by atoms with E-state index in [0.717, 1.165) is 25.7 Å². The second-order valence-corrected chi connectivity index (χ2v) is 6.73. The molecule has 0 radical (unpaired) electrons. The van der Waals surface area contributed by atoms with Gasteiger partial charge in [0, 0.05) is 6.04 Å².